The van der Waals surface area contributed by atoms with Gasteiger partial charge in [-0.05, 0) is 47.2 Å². The summed E-state index contributed by atoms with van der Waals surface area (Å²) in [6, 6.07) is 14.1. The van der Waals surface area contributed by atoms with Crippen LogP contribution in [0.4, 0.5) is 0 Å². The zero-order valence-corrected chi connectivity index (χ0v) is 11.8. The van der Waals surface area contributed by atoms with Gasteiger partial charge in [-0.2, -0.15) is 0 Å². The summed E-state index contributed by atoms with van der Waals surface area (Å²) in [4.78, 5) is 13.5. The van der Waals surface area contributed by atoms with Crippen molar-refractivity contribution in [1.29, 1.82) is 0 Å². The molecule has 0 unspecified atom stereocenters. The molecular weight excluding hydrogens is 252 g/mol. The van der Waals surface area contributed by atoms with E-state index in [1.165, 1.54) is 16.9 Å². The Bertz CT molecular complexity index is 768. The summed E-state index contributed by atoms with van der Waals surface area (Å²) < 4.78 is 0. The summed E-state index contributed by atoms with van der Waals surface area (Å²) in [6.45, 7) is 4.06. The first-order valence-corrected chi connectivity index (χ1v) is 7.13. The molecule has 0 fully saturated rings. The van der Waals surface area contributed by atoms with Crippen molar-refractivity contribution in [3.8, 4) is 0 Å². The van der Waals surface area contributed by atoms with Gasteiger partial charge in [0.15, 0.2) is 0 Å². The van der Waals surface area contributed by atoms with Crippen molar-refractivity contribution in [3.63, 3.8) is 0 Å². The number of rotatable bonds is 2. The molecule has 0 aliphatic heterocycles. The second-order valence-electron chi connectivity index (χ2n) is 4.74. The Morgan fingerprint density at radius 1 is 0.895 bits per heavy atom. The van der Waals surface area contributed by atoms with E-state index in [9.17, 15) is 4.79 Å². The van der Waals surface area contributed by atoms with E-state index < -0.39 is 0 Å². The summed E-state index contributed by atoms with van der Waals surface area (Å²) in [5.74, 6) is 0.128. The third-order valence-corrected chi connectivity index (χ3v) is 4.47. The largest absolute Gasteiger partial charge is 0.288 e. The molecule has 0 bridgehead atoms. The van der Waals surface area contributed by atoms with E-state index in [1.807, 2.05) is 48.7 Å². The van der Waals surface area contributed by atoms with E-state index in [-0.39, 0.29) is 5.78 Å². The molecule has 94 valence electrons. The lowest BCUT2D eigenvalue weighted by Crippen LogP contribution is -2.01. The molecule has 1 aromatic heterocycles. The highest BCUT2D eigenvalue weighted by atomic mass is 32.1. The van der Waals surface area contributed by atoms with Crippen molar-refractivity contribution in [3.05, 3.63) is 69.4 Å². The molecule has 1 heterocycles. The van der Waals surface area contributed by atoms with Crippen LogP contribution >= 0.6 is 11.3 Å². The van der Waals surface area contributed by atoms with Gasteiger partial charge in [-0.25, -0.2) is 0 Å². The number of aryl methyl sites for hydroxylation is 2. The molecule has 2 heteroatoms. The van der Waals surface area contributed by atoms with Gasteiger partial charge in [0.2, 0.25) is 5.78 Å². The van der Waals surface area contributed by atoms with Crippen LogP contribution < -0.4 is 0 Å². The molecule has 0 saturated heterocycles. The molecule has 0 saturated carbocycles. The highest BCUT2D eigenvalue weighted by Gasteiger charge is 2.16. The van der Waals surface area contributed by atoms with Crippen molar-refractivity contribution in [2.75, 3.05) is 0 Å². The van der Waals surface area contributed by atoms with Gasteiger partial charge in [-0.3, -0.25) is 4.79 Å². The van der Waals surface area contributed by atoms with E-state index in [4.69, 9.17) is 0 Å². The number of carbonyl (C=O) groups excluding carboxylic acids is 1. The van der Waals surface area contributed by atoms with E-state index in [0.717, 1.165) is 26.8 Å². The first-order chi connectivity index (χ1) is 9.18. The minimum atomic E-state index is 0.128. The lowest BCUT2D eigenvalue weighted by atomic mass is 9.97. The average molecular weight is 266 g/mol. The predicted octanol–water partition coefficient (Wildman–Crippen LogP) is 4.75. The van der Waals surface area contributed by atoms with Crippen LogP contribution in [0.1, 0.15) is 26.4 Å². The second kappa shape index (κ2) is 4.63. The minimum Gasteiger partial charge on any atom is -0.288 e. The van der Waals surface area contributed by atoms with Crippen LogP contribution in [0, 0.1) is 13.8 Å². The monoisotopic (exact) mass is 266 g/mol. The molecule has 0 aliphatic rings. The van der Waals surface area contributed by atoms with Gasteiger partial charge in [0.05, 0.1) is 4.88 Å². The van der Waals surface area contributed by atoms with E-state index >= 15 is 0 Å². The maximum atomic E-state index is 12.7. The predicted molar refractivity (Wildman–Crippen MR) is 81.2 cm³/mol. The molecule has 2 aromatic carbocycles. The Morgan fingerprint density at radius 2 is 1.63 bits per heavy atom. The molecule has 19 heavy (non-hydrogen) atoms. The molecule has 3 aromatic rings. The highest BCUT2D eigenvalue weighted by Crippen LogP contribution is 2.27. The van der Waals surface area contributed by atoms with Gasteiger partial charge in [-0.15, -0.1) is 11.3 Å². The highest BCUT2D eigenvalue weighted by molar-refractivity contribution is 7.12. The fraction of sp³-hybridized carbons (Fsp3) is 0.118. The Hall–Kier alpha value is -1.93. The van der Waals surface area contributed by atoms with Crippen molar-refractivity contribution >= 4 is 27.9 Å². The topological polar surface area (TPSA) is 17.1 Å². The Morgan fingerprint density at radius 3 is 2.32 bits per heavy atom. The first kappa shape index (κ1) is 12.1. The molecule has 0 atom stereocenters. The molecule has 1 nitrogen and oxygen atoms in total. The number of benzene rings is 2. The SMILES string of the molecule is Cc1ccsc1C(=O)c1ccc(C)c2ccccc12. The van der Waals surface area contributed by atoms with E-state index in [1.54, 1.807) is 0 Å². The van der Waals surface area contributed by atoms with E-state index in [0.29, 0.717) is 0 Å². The van der Waals surface area contributed by atoms with Crippen LogP contribution in [0.15, 0.2) is 47.8 Å². The third-order valence-electron chi connectivity index (χ3n) is 3.46. The summed E-state index contributed by atoms with van der Waals surface area (Å²) >= 11 is 1.52. The summed E-state index contributed by atoms with van der Waals surface area (Å²) in [5.41, 5.74) is 3.06. The molecular formula is C17H14OS. The fourth-order valence-electron chi connectivity index (χ4n) is 2.38. The Labute approximate surface area is 116 Å². The normalized spacial score (nSPS) is 10.8. The molecule has 0 aliphatic carbocycles. The Balaban J connectivity index is 2.24. The number of thiophene rings is 1. The maximum absolute atomic E-state index is 12.7. The molecule has 0 amide bonds. The van der Waals surface area contributed by atoms with Crippen LogP contribution in [0.3, 0.4) is 0 Å². The van der Waals surface area contributed by atoms with Crippen molar-refractivity contribution < 1.29 is 4.79 Å². The molecule has 0 spiro atoms. The van der Waals surface area contributed by atoms with Gasteiger partial charge >= 0.3 is 0 Å². The van der Waals surface area contributed by atoms with Crippen LogP contribution in [0.5, 0.6) is 0 Å². The van der Waals surface area contributed by atoms with Crippen LogP contribution in [0.2, 0.25) is 0 Å². The smallest absolute Gasteiger partial charge is 0.203 e. The van der Waals surface area contributed by atoms with Crippen LogP contribution in [0.25, 0.3) is 10.8 Å². The molecule has 3 rings (SSSR count). The fourth-order valence-corrected chi connectivity index (χ4v) is 3.25. The standard InChI is InChI=1S/C17H14OS/c1-11-7-8-15(14-6-4-3-5-13(11)14)16(18)17-12(2)9-10-19-17/h3-10H,1-2H3. The molecule has 0 radical (unpaired) electrons. The van der Waals surface area contributed by atoms with Crippen molar-refractivity contribution in [1.82, 2.24) is 0 Å². The van der Waals surface area contributed by atoms with Crippen LogP contribution in [-0.4, -0.2) is 5.78 Å². The zero-order valence-electron chi connectivity index (χ0n) is 10.9. The minimum absolute atomic E-state index is 0.128. The lowest BCUT2D eigenvalue weighted by molar-refractivity contribution is 0.104. The van der Waals surface area contributed by atoms with Crippen molar-refractivity contribution in [2.45, 2.75) is 13.8 Å². The Kier molecular flexibility index (Phi) is 2.96. The van der Waals surface area contributed by atoms with Crippen LogP contribution in [-0.2, 0) is 0 Å². The third kappa shape index (κ3) is 1.98. The number of carbonyl (C=O) groups is 1. The van der Waals surface area contributed by atoms with Gasteiger partial charge in [0, 0.05) is 5.56 Å². The number of hydrogen-bond donors (Lipinski definition) is 0. The summed E-state index contributed by atoms with van der Waals surface area (Å²) in [7, 11) is 0. The van der Waals surface area contributed by atoms with Gasteiger partial charge < -0.3 is 0 Å². The summed E-state index contributed by atoms with van der Waals surface area (Å²) in [6.07, 6.45) is 0. The lowest BCUT2D eigenvalue weighted by Gasteiger charge is -2.08. The van der Waals surface area contributed by atoms with Gasteiger partial charge in [0.1, 0.15) is 0 Å². The number of fused-ring (bicyclic) bond motifs is 1. The van der Waals surface area contributed by atoms with Gasteiger partial charge in [0.25, 0.3) is 0 Å². The summed E-state index contributed by atoms with van der Waals surface area (Å²) in [5, 5.41) is 4.17. The van der Waals surface area contributed by atoms with Crippen molar-refractivity contribution in [2.24, 2.45) is 0 Å². The quantitative estimate of drug-likeness (QED) is 0.612. The number of ketones is 1. The molecule has 0 N–H and O–H groups in total. The van der Waals surface area contributed by atoms with E-state index in [2.05, 4.69) is 13.0 Å². The van der Waals surface area contributed by atoms with Gasteiger partial charge in [-0.1, -0.05) is 36.4 Å². The first-order valence-electron chi connectivity index (χ1n) is 6.25. The second-order valence-corrected chi connectivity index (χ2v) is 5.65. The zero-order chi connectivity index (χ0) is 13.4. The average Bonchev–Trinajstić information content (AvgIpc) is 2.85. The maximum Gasteiger partial charge on any atom is 0.203 e. The number of hydrogen-bond acceptors (Lipinski definition) is 2.